The summed E-state index contributed by atoms with van der Waals surface area (Å²) in [6.45, 7) is 2.40. The van der Waals surface area contributed by atoms with Crippen LogP contribution in [0, 0.1) is 0 Å². The van der Waals surface area contributed by atoms with Crippen molar-refractivity contribution in [1.29, 1.82) is 0 Å². The summed E-state index contributed by atoms with van der Waals surface area (Å²) < 4.78 is 26.5. The quantitative estimate of drug-likeness (QED) is 0.593. The highest BCUT2D eigenvalue weighted by molar-refractivity contribution is 8.23. The number of ether oxygens (including phenoxy) is 1. The van der Waals surface area contributed by atoms with E-state index in [1.54, 1.807) is 31.2 Å². The molecule has 1 aliphatic heterocycles. The molecular weight excluding hydrogens is 306 g/mol. The van der Waals surface area contributed by atoms with Gasteiger partial charge in [-0.1, -0.05) is 29.3 Å². The van der Waals surface area contributed by atoms with E-state index < -0.39 is 10.8 Å². The van der Waals surface area contributed by atoms with Crippen LogP contribution in [0.4, 0.5) is 0 Å². The van der Waals surface area contributed by atoms with E-state index in [0.717, 1.165) is 4.31 Å². The standard InChI is InChI=1S/C15H21NO5S/c1-2-21-14(17)10-4-3-7-11-16-15(18)12-8-5-6-9-13(12)22(16,19)20/h5-6,8-9,19-20H,2-4,7,10-11H2,1H3. The first-order chi connectivity index (χ1) is 10.5. The van der Waals surface area contributed by atoms with Crippen LogP contribution in [0.1, 0.15) is 43.0 Å². The van der Waals surface area contributed by atoms with Gasteiger partial charge < -0.3 is 4.74 Å². The molecule has 0 aromatic heterocycles. The lowest BCUT2D eigenvalue weighted by atomic mass is 10.2. The minimum atomic E-state index is -3.22. The van der Waals surface area contributed by atoms with Gasteiger partial charge in [-0.25, -0.2) is 4.31 Å². The number of rotatable bonds is 7. The van der Waals surface area contributed by atoms with Gasteiger partial charge in [-0.15, -0.1) is 0 Å². The zero-order valence-corrected chi connectivity index (χ0v) is 13.3. The van der Waals surface area contributed by atoms with E-state index in [1.807, 2.05) is 0 Å². The highest BCUT2D eigenvalue weighted by Crippen LogP contribution is 2.58. The Hall–Kier alpha value is -1.57. The number of hydrogen-bond acceptors (Lipinski definition) is 5. The van der Waals surface area contributed by atoms with Crippen molar-refractivity contribution in [3.63, 3.8) is 0 Å². The fourth-order valence-corrected chi connectivity index (χ4v) is 4.08. The second-order valence-electron chi connectivity index (χ2n) is 5.04. The van der Waals surface area contributed by atoms with Crippen molar-refractivity contribution < 1.29 is 23.4 Å². The lowest BCUT2D eigenvalue weighted by Crippen LogP contribution is -2.28. The topological polar surface area (TPSA) is 87.1 Å². The number of nitrogens with zero attached hydrogens (tertiary/aromatic N) is 1. The van der Waals surface area contributed by atoms with Gasteiger partial charge in [0.15, 0.2) is 0 Å². The molecule has 0 saturated heterocycles. The number of unbranched alkanes of at least 4 members (excludes halogenated alkanes) is 2. The third-order valence-corrected chi connectivity index (χ3v) is 5.40. The third-order valence-electron chi connectivity index (χ3n) is 3.49. The molecule has 7 heteroatoms. The summed E-state index contributed by atoms with van der Waals surface area (Å²) in [5.41, 5.74) is 0.356. The first kappa shape index (κ1) is 16.8. The van der Waals surface area contributed by atoms with E-state index in [-0.39, 0.29) is 18.4 Å². The molecule has 0 radical (unpaired) electrons. The number of fused-ring (bicyclic) bond motifs is 1. The van der Waals surface area contributed by atoms with E-state index in [0.29, 0.717) is 42.7 Å². The minimum Gasteiger partial charge on any atom is -0.466 e. The maximum Gasteiger partial charge on any atom is 0.305 e. The molecule has 122 valence electrons. The van der Waals surface area contributed by atoms with Gasteiger partial charge in [0.25, 0.3) is 5.91 Å². The van der Waals surface area contributed by atoms with Gasteiger partial charge in [0.2, 0.25) is 0 Å². The predicted octanol–water partition coefficient (Wildman–Crippen LogP) is 3.29. The lowest BCUT2D eigenvalue weighted by molar-refractivity contribution is -0.143. The Bertz CT molecular complexity index is 561. The van der Waals surface area contributed by atoms with Gasteiger partial charge in [-0.05, 0) is 31.9 Å². The van der Waals surface area contributed by atoms with Crippen molar-refractivity contribution in [3.05, 3.63) is 29.8 Å². The Balaban J connectivity index is 1.84. The van der Waals surface area contributed by atoms with E-state index in [4.69, 9.17) is 4.74 Å². The van der Waals surface area contributed by atoms with Crippen LogP contribution in [0.5, 0.6) is 0 Å². The third kappa shape index (κ3) is 3.43. The summed E-state index contributed by atoms with van der Waals surface area (Å²) in [4.78, 5) is 23.7. The lowest BCUT2D eigenvalue weighted by Gasteiger charge is -2.36. The van der Waals surface area contributed by atoms with Crippen LogP contribution in [0.3, 0.4) is 0 Å². The normalized spacial score (nSPS) is 17.2. The molecule has 0 atom stereocenters. The minimum absolute atomic E-state index is 0.226. The molecule has 1 heterocycles. The largest absolute Gasteiger partial charge is 0.466 e. The summed E-state index contributed by atoms with van der Waals surface area (Å²) in [7, 11) is -3.22. The molecule has 1 amide bonds. The van der Waals surface area contributed by atoms with Gasteiger partial charge >= 0.3 is 5.97 Å². The molecule has 0 bridgehead atoms. The highest BCUT2D eigenvalue weighted by atomic mass is 32.3. The Morgan fingerprint density at radius 2 is 1.95 bits per heavy atom. The maximum atomic E-state index is 12.2. The monoisotopic (exact) mass is 327 g/mol. The summed E-state index contributed by atoms with van der Waals surface area (Å²) in [5.74, 6) is -0.572. The Morgan fingerprint density at radius 3 is 2.64 bits per heavy atom. The molecular formula is C15H21NO5S. The van der Waals surface area contributed by atoms with Crippen molar-refractivity contribution in [3.8, 4) is 0 Å². The van der Waals surface area contributed by atoms with Crippen molar-refractivity contribution in [2.75, 3.05) is 13.2 Å². The van der Waals surface area contributed by atoms with E-state index in [2.05, 4.69) is 0 Å². The molecule has 0 aliphatic carbocycles. The second kappa shape index (κ2) is 7.13. The molecule has 2 N–H and O–H groups in total. The van der Waals surface area contributed by atoms with Crippen LogP contribution in [0.2, 0.25) is 0 Å². The van der Waals surface area contributed by atoms with Crippen molar-refractivity contribution >= 4 is 22.7 Å². The zero-order chi connectivity index (χ0) is 16.2. The van der Waals surface area contributed by atoms with Crippen molar-refractivity contribution in [1.82, 2.24) is 4.31 Å². The average Bonchev–Trinajstić information content (AvgIpc) is 2.68. The average molecular weight is 327 g/mol. The number of carbonyl (C=O) groups excluding carboxylic acids is 2. The number of amides is 1. The first-order valence-electron chi connectivity index (χ1n) is 7.33. The summed E-state index contributed by atoms with van der Waals surface area (Å²) >= 11 is 0. The predicted molar refractivity (Wildman–Crippen MR) is 83.7 cm³/mol. The Labute approximate surface area is 131 Å². The van der Waals surface area contributed by atoms with Crippen LogP contribution in [-0.2, 0) is 9.53 Å². The van der Waals surface area contributed by atoms with Crippen LogP contribution < -0.4 is 0 Å². The molecule has 22 heavy (non-hydrogen) atoms. The maximum absolute atomic E-state index is 12.2. The molecule has 0 saturated carbocycles. The fraction of sp³-hybridized carbons (Fsp3) is 0.467. The summed E-state index contributed by atoms with van der Waals surface area (Å²) in [6, 6.07) is 6.56. The highest BCUT2D eigenvalue weighted by Gasteiger charge is 2.40. The molecule has 2 rings (SSSR count). The molecule has 1 aromatic carbocycles. The van der Waals surface area contributed by atoms with Crippen LogP contribution >= 0.6 is 10.8 Å². The van der Waals surface area contributed by atoms with Gasteiger partial charge in [0, 0.05) is 13.0 Å². The smallest absolute Gasteiger partial charge is 0.305 e. The molecule has 0 unspecified atom stereocenters. The van der Waals surface area contributed by atoms with Crippen LogP contribution in [0.15, 0.2) is 29.2 Å². The number of carbonyl (C=O) groups is 2. The molecule has 1 aliphatic rings. The number of esters is 1. The molecule has 1 aromatic rings. The fourth-order valence-electron chi connectivity index (χ4n) is 2.41. The Kier molecular flexibility index (Phi) is 5.44. The van der Waals surface area contributed by atoms with Gasteiger partial charge in [0.05, 0.1) is 17.1 Å². The van der Waals surface area contributed by atoms with Crippen molar-refractivity contribution in [2.45, 2.75) is 37.5 Å². The van der Waals surface area contributed by atoms with E-state index in [9.17, 15) is 18.7 Å². The summed E-state index contributed by atoms with van der Waals surface area (Å²) in [5, 5.41) is 0. The van der Waals surface area contributed by atoms with Gasteiger partial charge in [-0.3, -0.25) is 18.7 Å². The van der Waals surface area contributed by atoms with Gasteiger partial charge in [0.1, 0.15) is 0 Å². The van der Waals surface area contributed by atoms with Gasteiger partial charge in [-0.2, -0.15) is 0 Å². The molecule has 0 spiro atoms. The Morgan fingerprint density at radius 1 is 1.23 bits per heavy atom. The summed E-state index contributed by atoms with van der Waals surface area (Å²) in [6.07, 6.45) is 2.33. The SMILES string of the molecule is CCOC(=O)CCCCCN1C(=O)c2ccccc2S1(O)O. The number of benzene rings is 1. The molecule has 0 fully saturated rings. The zero-order valence-electron chi connectivity index (χ0n) is 12.5. The van der Waals surface area contributed by atoms with Crippen LogP contribution in [-0.4, -0.2) is 38.4 Å². The number of hydrogen-bond donors (Lipinski definition) is 2. The van der Waals surface area contributed by atoms with Crippen LogP contribution in [0.25, 0.3) is 0 Å². The molecule has 6 nitrogen and oxygen atoms in total. The van der Waals surface area contributed by atoms with E-state index in [1.165, 1.54) is 0 Å². The van der Waals surface area contributed by atoms with Crippen molar-refractivity contribution in [2.24, 2.45) is 0 Å². The first-order valence-corrected chi connectivity index (χ1v) is 8.83. The van der Waals surface area contributed by atoms with E-state index >= 15 is 0 Å². The second-order valence-corrected chi connectivity index (χ2v) is 6.96.